The Morgan fingerprint density at radius 3 is 1.21 bits per heavy atom. The normalized spacial score (nSPS) is 23.6. The molecule has 0 aromatic heterocycles. The van der Waals surface area contributed by atoms with Crippen molar-refractivity contribution < 1.29 is 9.59 Å². The number of hydrogen-bond donors (Lipinski definition) is 0. The van der Waals surface area contributed by atoms with Crippen molar-refractivity contribution in [2.24, 2.45) is 0 Å². The van der Waals surface area contributed by atoms with Gasteiger partial charge in [-0.1, -0.05) is 0 Å². The summed E-state index contributed by atoms with van der Waals surface area (Å²) in [5, 5.41) is 0. The summed E-state index contributed by atoms with van der Waals surface area (Å²) < 4.78 is 0. The van der Waals surface area contributed by atoms with E-state index in [1.165, 1.54) is 0 Å². The molecule has 108 valence electrons. The molecular weight excluding hydrogens is 248 g/mol. The van der Waals surface area contributed by atoms with Crippen molar-refractivity contribution in [2.45, 2.75) is 0 Å². The monoisotopic (exact) mass is 270 g/mol. The SMILES string of the molecule is CN1CN(CN2CN(C)C(=O)N(C)C2)CN(C)C1=O. The van der Waals surface area contributed by atoms with Gasteiger partial charge in [0, 0.05) is 28.2 Å². The number of nitrogens with zero attached hydrogens (tertiary/aromatic N) is 6. The molecule has 0 radical (unpaired) electrons. The van der Waals surface area contributed by atoms with Gasteiger partial charge < -0.3 is 19.6 Å². The summed E-state index contributed by atoms with van der Waals surface area (Å²) in [5.74, 6) is 0. The summed E-state index contributed by atoms with van der Waals surface area (Å²) in [6, 6.07) is 0.0821. The topological polar surface area (TPSA) is 53.6 Å². The van der Waals surface area contributed by atoms with Crippen molar-refractivity contribution in [2.75, 3.05) is 61.5 Å². The summed E-state index contributed by atoms with van der Waals surface area (Å²) >= 11 is 0. The number of rotatable bonds is 2. The largest absolute Gasteiger partial charge is 0.321 e. The maximum Gasteiger partial charge on any atom is 0.321 e. The Labute approximate surface area is 113 Å². The summed E-state index contributed by atoms with van der Waals surface area (Å²) in [7, 11) is 7.18. The molecule has 2 aliphatic heterocycles. The molecular formula is C11H22N6O2. The molecule has 2 saturated heterocycles. The third kappa shape index (κ3) is 2.90. The number of carbonyl (C=O) groups excluding carboxylic acids is 2. The fraction of sp³-hybridized carbons (Fsp3) is 0.818. The van der Waals surface area contributed by atoms with Crippen LogP contribution in [0.5, 0.6) is 0 Å². The van der Waals surface area contributed by atoms with E-state index in [1.54, 1.807) is 47.8 Å². The van der Waals surface area contributed by atoms with Gasteiger partial charge in [-0.2, -0.15) is 0 Å². The number of hydrogen-bond acceptors (Lipinski definition) is 4. The highest BCUT2D eigenvalue weighted by Crippen LogP contribution is 2.11. The number of urea groups is 2. The molecule has 0 atom stereocenters. The van der Waals surface area contributed by atoms with E-state index in [2.05, 4.69) is 9.80 Å². The Balaban J connectivity index is 1.91. The van der Waals surface area contributed by atoms with E-state index in [0.717, 1.165) is 6.67 Å². The van der Waals surface area contributed by atoms with Crippen molar-refractivity contribution in [1.82, 2.24) is 29.4 Å². The van der Waals surface area contributed by atoms with Crippen LogP contribution in [0.2, 0.25) is 0 Å². The molecule has 8 heteroatoms. The van der Waals surface area contributed by atoms with Gasteiger partial charge in [0.2, 0.25) is 0 Å². The average molecular weight is 270 g/mol. The molecule has 2 rings (SSSR count). The van der Waals surface area contributed by atoms with Gasteiger partial charge in [-0.15, -0.1) is 0 Å². The molecule has 2 aliphatic rings. The van der Waals surface area contributed by atoms with E-state index in [1.807, 2.05) is 0 Å². The molecule has 2 fully saturated rings. The highest BCUT2D eigenvalue weighted by atomic mass is 16.2. The van der Waals surface area contributed by atoms with Crippen LogP contribution < -0.4 is 0 Å². The maximum absolute atomic E-state index is 11.7. The molecule has 8 nitrogen and oxygen atoms in total. The third-order valence-corrected chi connectivity index (χ3v) is 3.35. The Kier molecular flexibility index (Phi) is 3.81. The minimum atomic E-state index is 0.0410. The zero-order valence-corrected chi connectivity index (χ0v) is 12.0. The van der Waals surface area contributed by atoms with E-state index in [9.17, 15) is 9.59 Å². The quantitative estimate of drug-likeness (QED) is 0.670. The van der Waals surface area contributed by atoms with Gasteiger partial charge in [-0.3, -0.25) is 9.80 Å². The first-order chi connectivity index (χ1) is 8.88. The van der Waals surface area contributed by atoms with Crippen molar-refractivity contribution >= 4 is 12.1 Å². The smallest absolute Gasteiger partial charge is 0.315 e. The summed E-state index contributed by atoms with van der Waals surface area (Å²) in [6.45, 7) is 3.17. The maximum atomic E-state index is 11.7. The van der Waals surface area contributed by atoms with Crippen LogP contribution in [0.1, 0.15) is 0 Å². The number of amides is 4. The lowest BCUT2D eigenvalue weighted by Gasteiger charge is -2.44. The Morgan fingerprint density at radius 1 is 0.684 bits per heavy atom. The van der Waals surface area contributed by atoms with Crippen LogP contribution >= 0.6 is 0 Å². The van der Waals surface area contributed by atoms with Gasteiger partial charge in [0.15, 0.2) is 0 Å². The second-order valence-electron chi connectivity index (χ2n) is 5.41. The van der Waals surface area contributed by atoms with E-state index < -0.39 is 0 Å². The number of carbonyl (C=O) groups is 2. The van der Waals surface area contributed by atoms with E-state index >= 15 is 0 Å². The first-order valence-electron chi connectivity index (χ1n) is 6.25. The molecule has 19 heavy (non-hydrogen) atoms. The first-order valence-corrected chi connectivity index (χ1v) is 6.25. The molecule has 0 N–H and O–H groups in total. The minimum absolute atomic E-state index is 0.0410. The van der Waals surface area contributed by atoms with E-state index in [0.29, 0.717) is 26.7 Å². The first kappa shape index (κ1) is 13.9. The highest BCUT2D eigenvalue weighted by molar-refractivity contribution is 5.74. The zero-order valence-electron chi connectivity index (χ0n) is 12.0. The lowest BCUT2D eigenvalue weighted by molar-refractivity contribution is -0.0214. The average Bonchev–Trinajstić information content (AvgIpc) is 2.33. The van der Waals surface area contributed by atoms with Gasteiger partial charge in [-0.25, -0.2) is 9.59 Å². The van der Waals surface area contributed by atoms with Crippen LogP contribution in [0, 0.1) is 0 Å². The molecule has 0 aliphatic carbocycles. The standard InChI is InChI=1S/C11H22N6O2/c1-12-5-16(6-13(2)10(12)18)9-17-7-14(3)11(19)15(4)8-17/h5-9H2,1-4H3. The molecule has 0 unspecified atom stereocenters. The second-order valence-corrected chi connectivity index (χ2v) is 5.41. The van der Waals surface area contributed by atoms with Gasteiger partial charge >= 0.3 is 12.1 Å². The molecule has 0 spiro atoms. The Bertz CT molecular complexity index is 314. The fourth-order valence-electron chi connectivity index (χ4n) is 2.58. The fourth-order valence-corrected chi connectivity index (χ4v) is 2.58. The minimum Gasteiger partial charge on any atom is -0.315 e. The van der Waals surface area contributed by atoms with Crippen LogP contribution in [0.3, 0.4) is 0 Å². The second kappa shape index (κ2) is 5.22. The molecule has 4 amide bonds. The van der Waals surface area contributed by atoms with Gasteiger partial charge in [0.1, 0.15) is 0 Å². The molecule has 0 bridgehead atoms. The predicted molar refractivity (Wildman–Crippen MR) is 69.9 cm³/mol. The van der Waals surface area contributed by atoms with Crippen molar-refractivity contribution in [3.05, 3.63) is 0 Å². The van der Waals surface area contributed by atoms with Crippen LogP contribution in [-0.2, 0) is 0 Å². The van der Waals surface area contributed by atoms with Crippen LogP contribution in [-0.4, -0.2) is 103 Å². The van der Waals surface area contributed by atoms with Crippen molar-refractivity contribution in [3.63, 3.8) is 0 Å². The molecule has 0 aromatic rings. The Morgan fingerprint density at radius 2 is 0.947 bits per heavy atom. The Hall–Kier alpha value is -1.54. The van der Waals surface area contributed by atoms with Gasteiger partial charge in [-0.05, 0) is 0 Å². The molecule has 0 saturated carbocycles. The van der Waals surface area contributed by atoms with Crippen LogP contribution in [0.4, 0.5) is 9.59 Å². The van der Waals surface area contributed by atoms with Crippen LogP contribution in [0.15, 0.2) is 0 Å². The van der Waals surface area contributed by atoms with Gasteiger partial charge in [0.25, 0.3) is 0 Å². The van der Waals surface area contributed by atoms with E-state index in [-0.39, 0.29) is 12.1 Å². The zero-order chi connectivity index (χ0) is 14.2. The molecule has 2 heterocycles. The summed E-state index contributed by atoms with van der Waals surface area (Å²) in [5.41, 5.74) is 0. The van der Waals surface area contributed by atoms with Gasteiger partial charge in [0.05, 0.1) is 33.3 Å². The summed E-state index contributed by atoms with van der Waals surface area (Å²) in [6.07, 6.45) is 0. The third-order valence-electron chi connectivity index (χ3n) is 3.35. The lowest BCUT2D eigenvalue weighted by Crippen LogP contribution is -2.61. The van der Waals surface area contributed by atoms with E-state index in [4.69, 9.17) is 0 Å². The highest BCUT2D eigenvalue weighted by Gasteiger charge is 2.29. The van der Waals surface area contributed by atoms with Crippen molar-refractivity contribution in [3.8, 4) is 0 Å². The summed E-state index contributed by atoms with van der Waals surface area (Å²) in [4.78, 5) is 34.4. The van der Waals surface area contributed by atoms with Crippen molar-refractivity contribution in [1.29, 1.82) is 0 Å². The predicted octanol–water partition coefficient (Wildman–Crippen LogP) is -0.628. The molecule has 0 aromatic carbocycles. The lowest BCUT2D eigenvalue weighted by atomic mass is 10.5. The van der Waals surface area contributed by atoms with Crippen LogP contribution in [0.25, 0.3) is 0 Å².